The monoisotopic (exact) mass is 304 g/mol. The molecule has 0 aromatic heterocycles. The summed E-state index contributed by atoms with van der Waals surface area (Å²) in [6, 6.07) is 7.59. The minimum atomic E-state index is 0.0929. The quantitative estimate of drug-likeness (QED) is 0.851. The largest absolute Gasteiger partial charge is 0.496 e. The van der Waals surface area contributed by atoms with Gasteiger partial charge in [-0.2, -0.15) is 0 Å². The van der Waals surface area contributed by atoms with Crippen LogP contribution in [0.4, 0.5) is 0 Å². The van der Waals surface area contributed by atoms with Gasteiger partial charge in [0.2, 0.25) is 11.8 Å². The number of hydrogen-bond donors (Lipinski definition) is 0. The summed E-state index contributed by atoms with van der Waals surface area (Å²) in [5.41, 5.74) is 0.903. The number of methoxy groups -OCH3 is 1. The molecule has 1 aromatic rings. The molecule has 0 spiro atoms. The summed E-state index contributed by atoms with van der Waals surface area (Å²) >= 11 is 0. The molecule has 1 saturated heterocycles. The molecule has 2 amide bonds. The topological polar surface area (TPSA) is 49.9 Å². The lowest BCUT2D eigenvalue weighted by atomic mass is 10.1. The van der Waals surface area contributed by atoms with Crippen molar-refractivity contribution in [2.75, 3.05) is 33.3 Å². The number of amides is 2. The molecular formula is C17H24N2O3. The molecule has 120 valence electrons. The third-order valence-electron chi connectivity index (χ3n) is 4.04. The molecule has 0 N–H and O–H groups in total. The Kier molecular flexibility index (Phi) is 5.81. The maximum atomic E-state index is 12.5. The van der Waals surface area contributed by atoms with Crippen LogP contribution in [0, 0.1) is 0 Å². The zero-order valence-corrected chi connectivity index (χ0v) is 13.4. The van der Waals surface area contributed by atoms with Crippen molar-refractivity contribution >= 4 is 11.8 Å². The van der Waals surface area contributed by atoms with E-state index < -0.39 is 0 Å². The molecule has 0 unspecified atom stereocenters. The van der Waals surface area contributed by atoms with Gasteiger partial charge in [-0.05, 0) is 12.5 Å². The van der Waals surface area contributed by atoms with Crippen molar-refractivity contribution < 1.29 is 14.3 Å². The van der Waals surface area contributed by atoms with Gasteiger partial charge < -0.3 is 14.5 Å². The highest BCUT2D eigenvalue weighted by molar-refractivity contribution is 5.80. The molecule has 1 heterocycles. The van der Waals surface area contributed by atoms with Crippen molar-refractivity contribution in [3.63, 3.8) is 0 Å². The molecule has 0 atom stereocenters. The fraction of sp³-hybridized carbons (Fsp3) is 0.529. The average molecular weight is 304 g/mol. The van der Waals surface area contributed by atoms with E-state index in [4.69, 9.17) is 4.74 Å². The van der Waals surface area contributed by atoms with Crippen LogP contribution in [0.3, 0.4) is 0 Å². The van der Waals surface area contributed by atoms with E-state index in [1.54, 1.807) is 7.11 Å². The van der Waals surface area contributed by atoms with Gasteiger partial charge in [0.05, 0.1) is 13.5 Å². The van der Waals surface area contributed by atoms with Crippen LogP contribution in [-0.4, -0.2) is 54.9 Å². The number of para-hydroxylation sites is 1. The molecule has 5 heteroatoms. The number of carbonyl (C=O) groups is 2. The molecule has 1 aromatic carbocycles. The Labute approximate surface area is 131 Å². The second-order valence-electron chi connectivity index (χ2n) is 5.46. The van der Waals surface area contributed by atoms with Gasteiger partial charge in [0, 0.05) is 38.2 Å². The average Bonchev–Trinajstić information content (AvgIpc) is 2.80. The first kappa shape index (κ1) is 16.3. The summed E-state index contributed by atoms with van der Waals surface area (Å²) in [4.78, 5) is 28.0. The highest BCUT2D eigenvalue weighted by Gasteiger charge is 2.21. The molecule has 0 aliphatic carbocycles. The molecule has 0 saturated carbocycles. The van der Waals surface area contributed by atoms with Crippen LogP contribution in [0.5, 0.6) is 5.75 Å². The fourth-order valence-corrected chi connectivity index (χ4v) is 2.76. The molecule has 2 rings (SSSR count). The van der Waals surface area contributed by atoms with Crippen LogP contribution >= 0.6 is 0 Å². The molecule has 5 nitrogen and oxygen atoms in total. The standard InChI is InChI=1S/C17H24N2O3/c1-3-16(20)18-9-6-10-19(12-11-18)17(21)13-14-7-4-5-8-15(14)22-2/h4-5,7-8H,3,6,9-13H2,1-2H3. The van der Waals surface area contributed by atoms with Crippen molar-refractivity contribution in [2.45, 2.75) is 26.2 Å². The van der Waals surface area contributed by atoms with E-state index >= 15 is 0 Å². The Morgan fingerprint density at radius 2 is 1.68 bits per heavy atom. The smallest absolute Gasteiger partial charge is 0.227 e. The first-order valence-corrected chi connectivity index (χ1v) is 7.83. The maximum absolute atomic E-state index is 12.5. The van der Waals surface area contributed by atoms with Crippen LogP contribution in [-0.2, 0) is 16.0 Å². The molecule has 1 fully saturated rings. The van der Waals surface area contributed by atoms with Crippen LogP contribution in [0.25, 0.3) is 0 Å². The predicted octanol–water partition coefficient (Wildman–Crippen LogP) is 1.71. The Balaban J connectivity index is 1.97. The zero-order valence-electron chi connectivity index (χ0n) is 13.4. The molecule has 0 bridgehead atoms. The van der Waals surface area contributed by atoms with E-state index in [0.29, 0.717) is 32.5 Å². The Bertz CT molecular complexity index is 530. The Morgan fingerprint density at radius 3 is 2.32 bits per heavy atom. The summed E-state index contributed by atoms with van der Waals surface area (Å²) in [5.74, 6) is 1.00. The number of hydrogen-bond acceptors (Lipinski definition) is 3. The second-order valence-corrected chi connectivity index (χ2v) is 5.46. The summed E-state index contributed by atoms with van der Waals surface area (Å²) in [5, 5.41) is 0. The van der Waals surface area contributed by atoms with Crippen molar-refractivity contribution in [3.8, 4) is 5.75 Å². The van der Waals surface area contributed by atoms with Crippen LogP contribution in [0.2, 0.25) is 0 Å². The third kappa shape index (κ3) is 4.00. The molecule has 1 aliphatic rings. The molecular weight excluding hydrogens is 280 g/mol. The van der Waals surface area contributed by atoms with Gasteiger partial charge in [-0.3, -0.25) is 9.59 Å². The minimum absolute atomic E-state index is 0.0929. The van der Waals surface area contributed by atoms with Gasteiger partial charge in [-0.1, -0.05) is 25.1 Å². The SMILES string of the molecule is CCC(=O)N1CCCN(C(=O)Cc2ccccc2OC)CC1. The van der Waals surface area contributed by atoms with Crippen LogP contribution in [0.1, 0.15) is 25.3 Å². The number of benzene rings is 1. The Morgan fingerprint density at radius 1 is 1.05 bits per heavy atom. The van der Waals surface area contributed by atoms with E-state index in [-0.39, 0.29) is 11.8 Å². The lowest BCUT2D eigenvalue weighted by Gasteiger charge is -2.22. The van der Waals surface area contributed by atoms with Crippen molar-refractivity contribution in [1.29, 1.82) is 0 Å². The zero-order chi connectivity index (χ0) is 15.9. The Hall–Kier alpha value is -2.04. The van der Waals surface area contributed by atoms with Crippen LogP contribution < -0.4 is 4.74 Å². The number of ether oxygens (including phenoxy) is 1. The van der Waals surface area contributed by atoms with Gasteiger partial charge in [0.15, 0.2) is 0 Å². The number of rotatable bonds is 4. The van der Waals surface area contributed by atoms with Crippen molar-refractivity contribution in [1.82, 2.24) is 9.80 Å². The summed E-state index contributed by atoms with van der Waals surface area (Å²) in [6.45, 7) is 4.56. The lowest BCUT2D eigenvalue weighted by molar-refractivity contribution is -0.133. The molecule has 22 heavy (non-hydrogen) atoms. The van der Waals surface area contributed by atoms with Gasteiger partial charge in [-0.15, -0.1) is 0 Å². The van der Waals surface area contributed by atoms with Crippen molar-refractivity contribution in [3.05, 3.63) is 29.8 Å². The van der Waals surface area contributed by atoms with E-state index in [0.717, 1.165) is 24.3 Å². The highest BCUT2D eigenvalue weighted by atomic mass is 16.5. The third-order valence-corrected chi connectivity index (χ3v) is 4.04. The second kappa shape index (κ2) is 7.82. The first-order valence-electron chi connectivity index (χ1n) is 7.83. The summed E-state index contributed by atoms with van der Waals surface area (Å²) in [7, 11) is 1.61. The number of carbonyl (C=O) groups excluding carboxylic acids is 2. The normalized spacial score (nSPS) is 15.4. The van der Waals surface area contributed by atoms with Crippen LogP contribution in [0.15, 0.2) is 24.3 Å². The molecule has 0 radical (unpaired) electrons. The van der Waals surface area contributed by atoms with Gasteiger partial charge >= 0.3 is 0 Å². The van der Waals surface area contributed by atoms with Crippen molar-refractivity contribution in [2.24, 2.45) is 0 Å². The van der Waals surface area contributed by atoms with E-state index in [9.17, 15) is 9.59 Å². The molecule has 1 aliphatic heterocycles. The van der Waals surface area contributed by atoms with E-state index in [1.165, 1.54) is 0 Å². The van der Waals surface area contributed by atoms with Gasteiger partial charge in [-0.25, -0.2) is 0 Å². The first-order chi connectivity index (χ1) is 10.7. The van der Waals surface area contributed by atoms with E-state index in [1.807, 2.05) is 41.0 Å². The number of nitrogens with zero attached hydrogens (tertiary/aromatic N) is 2. The van der Waals surface area contributed by atoms with E-state index in [2.05, 4.69) is 0 Å². The fourth-order valence-electron chi connectivity index (χ4n) is 2.76. The summed E-state index contributed by atoms with van der Waals surface area (Å²) in [6.07, 6.45) is 1.70. The lowest BCUT2D eigenvalue weighted by Crippen LogP contribution is -2.37. The maximum Gasteiger partial charge on any atom is 0.227 e. The highest BCUT2D eigenvalue weighted by Crippen LogP contribution is 2.19. The van der Waals surface area contributed by atoms with Gasteiger partial charge in [0.1, 0.15) is 5.75 Å². The summed E-state index contributed by atoms with van der Waals surface area (Å²) < 4.78 is 5.30. The predicted molar refractivity (Wildman–Crippen MR) is 84.8 cm³/mol. The van der Waals surface area contributed by atoms with Gasteiger partial charge in [0.25, 0.3) is 0 Å². The minimum Gasteiger partial charge on any atom is -0.496 e.